The smallest absolute Gasteiger partial charge is 0.224 e. The first kappa shape index (κ1) is 21.6. The summed E-state index contributed by atoms with van der Waals surface area (Å²) in [6.45, 7) is 9.68. The van der Waals surface area contributed by atoms with Gasteiger partial charge in [-0.1, -0.05) is 23.8 Å². The molecule has 1 saturated heterocycles. The zero-order valence-electron chi connectivity index (χ0n) is 18.1. The Bertz CT molecular complexity index is 1040. The normalized spacial score (nSPS) is 14.4. The fourth-order valence-corrected chi connectivity index (χ4v) is 4.13. The summed E-state index contributed by atoms with van der Waals surface area (Å²) >= 11 is 1.61. The van der Waals surface area contributed by atoms with Crippen LogP contribution in [0.1, 0.15) is 23.9 Å². The molecule has 4 heterocycles. The molecule has 166 valence electrons. The maximum atomic E-state index is 12.3. The summed E-state index contributed by atoms with van der Waals surface area (Å²) < 4.78 is 12.4. The number of nitrogens with one attached hydrogen (secondary N) is 1. The third kappa shape index (κ3) is 4.82. The number of morpholine rings is 1. The highest BCUT2D eigenvalue weighted by molar-refractivity contribution is 7.99. The van der Waals surface area contributed by atoms with Gasteiger partial charge in [-0.2, -0.15) is 5.10 Å². The predicted octanol–water partition coefficient (Wildman–Crippen LogP) is 1.74. The number of aryl methyl sites for hydroxylation is 2. The number of ether oxygens (including phenoxy) is 1. The fourth-order valence-electron chi connectivity index (χ4n) is 3.57. The maximum Gasteiger partial charge on any atom is 0.224 e. The van der Waals surface area contributed by atoms with E-state index in [-0.39, 0.29) is 12.3 Å². The Kier molecular flexibility index (Phi) is 6.71. The first-order valence-electron chi connectivity index (χ1n) is 10.4. The molecule has 1 aliphatic heterocycles. The fraction of sp³-hybridized carbons (Fsp3) is 0.550. The van der Waals surface area contributed by atoms with E-state index in [2.05, 4.69) is 27.4 Å². The summed E-state index contributed by atoms with van der Waals surface area (Å²) in [5.74, 6) is 2.40. The summed E-state index contributed by atoms with van der Waals surface area (Å²) in [5, 5.41) is 13.0. The van der Waals surface area contributed by atoms with Crippen LogP contribution in [0.4, 0.5) is 5.82 Å². The van der Waals surface area contributed by atoms with E-state index >= 15 is 0 Å². The number of hydrogen-bond acceptors (Lipinski definition) is 9. The zero-order valence-corrected chi connectivity index (χ0v) is 18.9. The van der Waals surface area contributed by atoms with Crippen molar-refractivity contribution in [2.45, 2.75) is 38.9 Å². The van der Waals surface area contributed by atoms with E-state index in [4.69, 9.17) is 19.2 Å². The highest BCUT2D eigenvalue weighted by atomic mass is 32.2. The number of fused-ring (bicyclic) bond motifs is 1. The highest BCUT2D eigenvalue weighted by Crippen LogP contribution is 2.27. The van der Waals surface area contributed by atoms with Gasteiger partial charge in [0.25, 0.3) is 0 Å². The standard InChI is InChI=1S/C20H27N7O3S/c1-4-31-20-23-18(26-7-9-29-10-8-26)16-12-22-27(19(16)24-20)6-5-21-17(28)11-15-13(2)25-30-14(15)3/h12H,4-11H2,1-3H3,(H,21,28). The summed E-state index contributed by atoms with van der Waals surface area (Å²) in [5.41, 5.74) is 2.37. The Balaban J connectivity index is 1.47. The number of rotatable bonds is 8. The van der Waals surface area contributed by atoms with Gasteiger partial charge in [0.05, 0.1) is 43.5 Å². The maximum absolute atomic E-state index is 12.3. The minimum absolute atomic E-state index is 0.0725. The van der Waals surface area contributed by atoms with E-state index in [1.807, 2.05) is 24.7 Å². The van der Waals surface area contributed by atoms with Crippen LogP contribution in [0.5, 0.6) is 0 Å². The number of hydrogen-bond donors (Lipinski definition) is 1. The molecule has 0 aromatic carbocycles. The number of thioether (sulfide) groups is 1. The number of aromatic nitrogens is 5. The van der Waals surface area contributed by atoms with E-state index in [1.165, 1.54) is 0 Å². The molecule has 1 N–H and O–H groups in total. The van der Waals surface area contributed by atoms with Gasteiger partial charge in [0, 0.05) is 25.2 Å². The molecule has 1 fully saturated rings. The van der Waals surface area contributed by atoms with Crippen LogP contribution in [0.3, 0.4) is 0 Å². The van der Waals surface area contributed by atoms with Gasteiger partial charge in [-0.05, 0) is 19.6 Å². The lowest BCUT2D eigenvalue weighted by molar-refractivity contribution is -0.120. The summed E-state index contributed by atoms with van der Waals surface area (Å²) in [4.78, 5) is 24.1. The molecule has 0 saturated carbocycles. The second-order valence-corrected chi connectivity index (χ2v) is 8.53. The van der Waals surface area contributed by atoms with Crippen LogP contribution in [0.25, 0.3) is 11.0 Å². The van der Waals surface area contributed by atoms with Crippen molar-refractivity contribution in [2.75, 3.05) is 43.5 Å². The molecule has 0 atom stereocenters. The van der Waals surface area contributed by atoms with E-state index in [0.717, 1.165) is 52.1 Å². The van der Waals surface area contributed by atoms with Crippen molar-refractivity contribution in [3.8, 4) is 0 Å². The van der Waals surface area contributed by atoms with Gasteiger partial charge in [0.15, 0.2) is 10.8 Å². The lowest BCUT2D eigenvalue weighted by Crippen LogP contribution is -2.37. The molecular formula is C20H27N7O3S. The Labute approximate surface area is 184 Å². The van der Waals surface area contributed by atoms with Crippen LogP contribution in [-0.4, -0.2) is 69.4 Å². The van der Waals surface area contributed by atoms with Gasteiger partial charge in [0.1, 0.15) is 11.6 Å². The van der Waals surface area contributed by atoms with Crippen LogP contribution in [-0.2, 0) is 22.5 Å². The quantitative estimate of drug-likeness (QED) is 0.409. The average molecular weight is 446 g/mol. The Hall–Kier alpha value is -2.66. The van der Waals surface area contributed by atoms with Crippen LogP contribution in [0.2, 0.25) is 0 Å². The second-order valence-electron chi connectivity index (χ2n) is 7.30. The number of amides is 1. The molecule has 1 amide bonds. The number of carbonyl (C=O) groups is 1. The van der Waals surface area contributed by atoms with E-state index in [1.54, 1.807) is 11.8 Å². The Morgan fingerprint density at radius 1 is 1.26 bits per heavy atom. The lowest BCUT2D eigenvalue weighted by Gasteiger charge is -2.28. The van der Waals surface area contributed by atoms with E-state index < -0.39 is 0 Å². The van der Waals surface area contributed by atoms with Crippen molar-refractivity contribution in [2.24, 2.45) is 0 Å². The van der Waals surface area contributed by atoms with Crippen molar-refractivity contribution in [1.29, 1.82) is 0 Å². The molecule has 31 heavy (non-hydrogen) atoms. The molecule has 3 aromatic heterocycles. The van der Waals surface area contributed by atoms with Gasteiger partial charge in [-0.25, -0.2) is 14.6 Å². The largest absolute Gasteiger partial charge is 0.378 e. The van der Waals surface area contributed by atoms with E-state index in [0.29, 0.717) is 32.1 Å². The second kappa shape index (κ2) is 9.65. The topological polar surface area (TPSA) is 111 Å². The zero-order chi connectivity index (χ0) is 21.8. The SMILES string of the molecule is CCSc1nc(N2CCOCC2)c2cnn(CCNC(=O)Cc3c(C)noc3C)c2n1. The molecule has 1 aliphatic rings. The van der Waals surface area contributed by atoms with Gasteiger partial charge < -0.3 is 19.5 Å². The summed E-state index contributed by atoms with van der Waals surface area (Å²) in [7, 11) is 0. The number of anilines is 1. The lowest BCUT2D eigenvalue weighted by atomic mass is 10.1. The average Bonchev–Trinajstić information content (AvgIpc) is 3.32. The third-order valence-electron chi connectivity index (χ3n) is 5.20. The summed E-state index contributed by atoms with van der Waals surface area (Å²) in [6, 6.07) is 0. The first-order valence-corrected chi connectivity index (χ1v) is 11.4. The van der Waals surface area contributed by atoms with Crippen molar-refractivity contribution < 1.29 is 14.1 Å². The van der Waals surface area contributed by atoms with Gasteiger partial charge in [-0.15, -0.1) is 0 Å². The van der Waals surface area contributed by atoms with Crippen molar-refractivity contribution in [3.05, 3.63) is 23.2 Å². The monoisotopic (exact) mass is 445 g/mol. The molecule has 11 heteroatoms. The molecule has 0 bridgehead atoms. The van der Waals surface area contributed by atoms with E-state index in [9.17, 15) is 4.79 Å². The van der Waals surface area contributed by atoms with Crippen molar-refractivity contribution >= 4 is 34.5 Å². The number of carbonyl (C=O) groups excluding carboxylic acids is 1. The van der Waals surface area contributed by atoms with Crippen molar-refractivity contribution in [3.63, 3.8) is 0 Å². The highest BCUT2D eigenvalue weighted by Gasteiger charge is 2.20. The van der Waals surface area contributed by atoms with Crippen LogP contribution < -0.4 is 10.2 Å². The molecule has 0 spiro atoms. The molecule has 0 unspecified atom stereocenters. The minimum atomic E-state index is -0.0725. The molecule has 0 radical (unpaired) electrons. The van der Waals surface area contributed by atoms with Gasteiger partial charge in [-0.3, -0.25) is 4.79 Å². The molecule has 3 aromatic rings. The Morgan fingerprint density at radius 3 is 2.77 bits per heavy atom. The van der Waals surface area contributed by atoms with Crippen LogP contribution in [0.15, 0.2) is 15.9 Å². The first-order chi connectivity index (χ1) is 15.1. The molecule has 4 rings (SSSR count). The van der Waals surface area contributed by atoms with Gasteiger partial charge >= 0.3 is 0 Å². The minimum Gasteiger partial charge on any atom is -0.378 e. The Morgan fingerprint density at radius 2 is 2.06 bits per heavy atom. The molecule has 10 nitrogen and oxygen atoms in total. The van der Waals surface area contributed by atoms with Crippen LogP contribution >= 0.6 is 11.8 Å². The van der Waals surface area contributed by atoms with Crippen LogP contribution in [0, 0.1) is 13.8 Å². The number of nitrogens with zero attached hydrogens (tertiary/aromatic N) is 6. The molecule has 0 aliphatic carbocycles. The van der Waals surface area contributed by atoms with Gasteiger partial charge in [0.2, 0.25) is 5.91 Å². The molecular weight excluding hydrogens is 418 g/mol. The van der Waals surface area contributed by atoms with Crippen molar-refractivity contribution in [1.82, 2.24) is 30.2 Å². The predicted molar refractivity (Wildman–Crippen MR) is 117 cm³/mol. The summed E-state index contributed by atoms with van der Waals surface area (Å²) in [6.07, 6.45) is 2.06. The third-order valence-corrected chi connectivity index (χ3v) is 5.93.